The van der Waals surface area contributed by atoms with Crippen LogP contribution in [0.15, 0.2) is 23.8 Å². The van der Waals surface area contributed by atoms with Gasteiger partial charge < -0.3 is 33.9 Å². The molecule has 2 aliphatic carbocycles. The molecule has 0 aromatic heterocycles. The maximum absolute atomic E-state index is 12.9. The number of hydrogen-bond acceptors (Lipinski definition) is 11. The highest BCUT2D eigenvalue weighted by Gasteiger charge is 2.87. The summed E-state index contributed by atoms with van der Waals surface area (Å²) in [5.74, 6) is -3.85. The Bertz CT molecular complexity index is 1090. The van der Waals surface area contributed by atoms with Crippen molar-refractivity contribution in [3.63, 3.8) is 0 Å². The van der Waals surface area contributed by atoms with Crippen LogP contribution in [0.25, 0.3) is 0 Å². The van der Waals surface area contributed by atoms with E-state index in [4.69, 9.17) is 23.7 Å². The summed E-state index contributed by atoms with van der Waals surface area (Å²) in [6, 6.07) is 0. The van der Waals surface area contributed by atoms with Gasteiger partial charge in [0.1, 0.15) is 23.9 Å². The van der Waals surface area contributed by atoms with Gasteiger partial charge in [0.15, 0.2) is 17.3 Å². The molecule has 0 aromatic rings. The van der Waals surface area contributed by atoms with Crippen LogP contribution < -0.4 is 0 Å². The lowest BCUT2D eigenvalue weighted by Crippen LogP contribution is -2.67. The molecule has 11 heteroatoms. The normalized spacial score (nSPS) is 47.7. The number of hydrogen-bond donors (Lipinski definition) is 2. The first-order valence-corrected chi connectivity index (χ1v) is 12.2. The second-order valence-corrected chi connectivity index (χ2v) is 11.0. The molecule has 0 bridgehead atoms. The number of esters is 4. The first-order chi connectivity index (χ1) is 17.0. The smallest absolute Gasteiger partial charge is 0.342 e. The molecule has 11 nitrogen and oxygen atoms in total. The molecule has 2 saturated heterocycles. The molecule has 2 N–H and O–H groups in total. The van der Waals surface area contributed by atoms with Gasteiger partial charge in [0.05, 0.1) is 6.10 Å². The molecule has 0 unspecified atom stereocenters. The van der Waals surface area contributed by atoms with Gasteiger partial charge in [-0.25, -0.2) is 4.79 Å². The molecule has 0 saturated carbocycles. The third-order valence-corrected chi connectivity index (χ3v) is 8.32. The summed E-state index contributed by atoms with van der Waals surface area (Å²) in [5, 5.41) is 23.1. The Morgan fingerprint density at radius 2 is 1.62 bits per heavy atom. The standard InChI is InChI=1S/C26H34O11/c1-12-10-19-26(25(7,37-26)22(31)36-19)21(35-15(4)29)20-23(5,18(11-16(12)30)34-14(3)28)9-8-17(24(20,6)32)33-13(2)27/h8-10,16-21,30,32H,11H2,1-7H3/b12-10-/t16-,17+,18+,19+,20-,21+,23+,24+,25+,26+/m1/s1. The molecular formula is C26H34O11. The Hall–Kier alpha value is -2.76. The molecule has 0 amide bonds. The summed E-state index contributed by atoms with van der Waals surface area (Å²) >= 11 is 0. The van der Waals surface area contributed by atoms with E-state index in [9.17, 15) is 29.4 Å². The maximum atomic E-state index is 12.9. The average molecular weight is 523 g/mol. The molecule has 4 rings (SSSR count). The molecule has 204 valence electrons. The Kier molecular flexibility index (Phi) is 6.37. The monoisotopic (exact) mass is 522 g/mol. The van der Waals surface area contributed by atoms with Gasteiger partial charge in [-0.15, -0.1) is 0 Å². The summed E-state index contributed by atoms with van der Waals surface area (Å²) in [6.07, 6.45) is -1.14. The van der Waals surface area contributed by atoms with Crippen LogP contribution in [0.1, 0.15) is 54.9 Å². The number of rotatable bonds is 3. The van der Waals surface area contributed by atoms with Crippen molar-refractivity contribution in [2.75, 3.05) is 0 Å². The predicted molar refractivity (Wildman–Crippen MR) is 125 cm³/mol. The minimum Gasteiger partial charge on any atom is -0.462 e. The lowest BCUT2D eigenvalue weighted by atomic mass is 9.55. The van der Waals surface area contributed by atoms with E-state index < -0.39 is 82.5 Å². The third kappa shape index (κ3) is 3.98. The highest BCUT2D eigenvalue weighted by atomic mass is 16.7. The lowest BCUT2D eigenvalue weighted by Gasteiger charge is -2.55. The van der Waals surface area contributed by atoms with E-state index in [2.05, 4.69) is 0 Å². The van der Waals surface area contributed by atoms with Crippen molar-refractivity contribution in [2.24, 2.45) is 11.3 Å². The largest absolute Gasteiger partial charge is 0.462 e. The molecule has 2 fully saturated rings. The lowest BCUT2D eigenvalue weighted by molar-refractivity contribution is -0.219. The number of aliphatic hydroxyl groups is 2. The molecule has 2 heterocycles. The van der Waals surface area contributed by atoms with Gasteiger partial charge in [-0.3, -0.25) is 14.4 Å². The molecule has 2 aliphatic heterocycles. The fourth-order valence-corrected chi connectivity index (χ4v) is 6.43. The van der Waals surface area contributed by atoms with Crippen LogP contribution in [-0.2, 0) is 42.9 Å². The second-order valence-electron chi connectivity index (χ2n) is 11.0. The number of carbonyl (C=O) groups is 4. The van der Waals surface area contributed by atoms with Crippen molar-refractivity contribution in [1.82, 2.24) is 0 Å². The van der Waals surface area contributed by atoms with E-state index in [1.165, 1.54) is 46.8 Å². The molecule has 0 radical (unpaired) electrons. The van der Waals surface area contributed by atoms with Gasteiger partial charge in [0, 0.05) is 38.5 Å². The highest BCUT2D eigenvalue weighted by Crippen LogP contribution is 2.65. The molecule has 0 aromatic carbocycles. The van der Waals surface area contributed by atoms with Crippen molar-refractivity contribution < 1.29 is 53.1 Å². The van der Waals surface area contributed by atoms with Gasteiger partial charge in [0.2, 0.25) is 0 Å². The third-order valence-electron chi connectivity index (χ3n) is 8.32. The molecule has 10 atom stereocenters. The quantitative estimate of drug-likeness (QED) is 0.235. The first kappa shape index (κ1) is 27.3. The Balaban J connectivity index is 2.02. The minimum atomic E-state index is -1.92. The topological polar surface area (TPSA) is 158 Å². The van der Waals surface area contributed by atoms with Gasteiger partial charge in [0.25, 0.3) is 0 Å². The van der Waals surface area contributed by atoms with E-state index >= 15 is 0 Å². The summed E-state index contributed by atoms with van der Waals surface area (Å²) in [7, 11) is 0. The summed E-state index contributed by atoms with van der Waals surface area (Å²) < 4.78 is 28.7. The maximum Gasteiger partial charge on any atom is 0.342 e. The number of aliphatic hydroxyl groups excluding tert-OH is 1. The average Bonchev–Trinajstić information content (AvgIpc) is 3.34. The number of fused-ring (bicyclic) bond motifs is 1. The molecule has 1 spiro atoms. The van der Waals surface area contributed by atoms with Gasteiger partial charge in [-0.05, 0) is 38.5 Å². The SMILES string of the molecule is CC(=O)O[C@H]1C=C[C@@]2(C)[C@@H](OC(C)=O)C[C@@H](O)/C(C)=C\[C@@H]3OC(=O)[C@]4(C)O[C@]34[C@@H](OC(C)=O)[C@H]2[C@@]1(C)O. The van der Waals surface area contributed by atoms with Crippen molar-refractivity contribution in [1.29, 1.82) is 0 Å². The van der Waals surface area contributed by atoms with Crippen molar-refractivity contribution in [3.8, 4) is 0 Å². The van der Waals surface area contributed by atoms with Crippen LogP contribution in [0.4, 0.5) is 0 Å². The van der Waals surface area contributed by atoms with Crippen LogP contribution >= 0.6 is 0 Å². The van der Waals surface area contributed by atoms with E-state index in [1.54, 1.807) is 19.9 Å². The molecular weight excluding hydrogens is 488 g/mol. The van der Waals surface area contributed by atoms with E-state index in [0.717, 1.165) is 0 Å². The number of carbonyl (C=O) groups excluding carboxylic acids is 4. The van der Waals surface area contributed by atoms with Gasteiger partial charge in [-0.1, -0.05) is 13.0 Å². The van der Waals surface area contributed by atoms with Crippen molar-refractivity contribution in [3.05, 3.63) is 23.8 Å². The van der Waals surface area contributed by atoms with E-state index in [-0.39, 0.29) is 6.42 Å². The van der Waals surface area contributed by atoms with Crippen LogP contribution in [0.3, 0.4) is 0 Å². The summed E-state index contributed by atoms with van der Waals surface area (Å²) in [4.78, 5) is 49.5. The highest BCUT2D eigenvalue weighted by molar-refractivity contribution is 5.89. The zero-order valence-corrected chi connectivity index (χ0v) is 22.0. The van der Waals surface area contributed by atoms with E-state index in [1.807, 2.05) is 0 Å². The van der Waals surface area contributed by atoms with Gasteiger partial charge in [-0.2, -0.15) is 0 Å². The van der Waals surface area contributed by atoms with Crippen LogP contribution in [0, 0.1) is 11.3 Å². The molecule has 4 aliphatic rings. The fourth-order valence-electron chi connectivity index (χ4n) is 6.43. The zero-order chi connectivity index (χ0) is 27.7. The Morgan fingerprint density at radius 1 is 1.03 bits per heavy atom. The van der Waals surface area contributed by atoms with Gasteiger partial charge >= 0.3 is 23.9 Å². The number of epoxide rings is 1. The fraction of sp³-hybridized carbons (Fsp3) is 0.692. The summed E-state index contributed by atoms with van der Waals surface area (Å²) in [6.45, 7) is 9.86. The minimum absolute atomic E-state index is 0.0772. The predicted octanol–water partition coefficient (Wildman–Crippen LogP) is 0.889. The van der Waals surface area contributed by atoms with E-state index in [0.29, 0.717) is 5.57 Å². The van der Waals surface area contributed by atoms with Crippen LogP contribution in [0.2, 0.25) is 0 Å². The zero-order valence-electron chi connectivity index (χ0n) is 22.0. The van der Waals surface area contributed by atoms with Crippen molar-refractivity contribution in [2.45, 2.75) is 102 Å². The number of ether oxygens (including phenoxy) is 5. The second kappa shape index (κ2) is 8.64. The van der Waals surface area contributed by atoms with Crippen LogP contribution in [-0.4, -0.2) is 81.4 Å². The molecule has 37 heavy (non-hydrogen) atoms. The first-order valence-electron chi connectivity index (χ1n) is 12.2. The Labute approximate surface area is 214 Å². The summed E-state index contributed by atoms with van der Waals surface area (Å²) in [5.41, 5.74) is -5.89. The Morgan fingerprint density at radius 3 is 2.16 bits per heavy atom. The van der Waals surface area contributed by atoms with Crippen molar-refractivity contribution >= 4 is 23.9 Å². The van der Waals surface area contributed by atoms with Crippen LogP contribution in [0.5, 0.6) is 0 Å².